The molecule has 0 bridgehead atoms. The van der Waals surface area contributed by atoms with Crippen LogP contribution in [-0.2, 0) is 4.74 Å². The van der Waals surface area contributed by atoms with E-state index in [-0.39, 0.29) is 11.5 Å². The third kappa shape index (κ3) is 2.56. The van der Waals surface area contributed by atoms with E-state index in [0.717, 1.165) is 12.8 Å². The van der Waals surface area contributed by atoms with E-state index < -0.39 is 12.2 Å². The number of aliphatic hydroxyl groups is 2. The fourth-order valence-electron chi connectivity index (χ4n) is 2.98. The lowest BCUT2D eigenvalue weighted by Gasteiger charge is -2.20. The van der Waals surface area contributed by atoms with Crippen LogP contribution in [0, 0.1) is 11.8 Å². The van der Waals surface area contributed by atoms with Gasteiger partial charge in [-0.25, -0.2) is 0 Å². The molecule has 0 aromatic heterocycles. The Hall–Kier alpha value is -0.380. The van der Waals surface area contributed by atoms with Gasteiger partial charge in [-0.05, 0) is 25.7 Å². The average Bonchev–Trinajstić information content (AvgIpc) is 2.92. The monoisotopic (exact) mass is 240 g/mol. The Morgan fingerprint density at radius 1 is 1.47 bits per heavy atom. The summed E-state index contributed by atoms with van der Waals surface area (Å²) in [7, 11) is 0. The fraction of sp³-hybridized carbons (Fsp3) is 0.857. The summed E-state index contributed by atoms with van der Waals surface area (Å²) in [5.41, 5.74) is 0.921. The Labute approximate surface area is 103 Å². The second kappa shape index (κ2) is 4.71. The first-order valence-electron chi connectivity index (χ1n) is 6.63. The first-order chi connectivity index (χ1) is 7.96. The molecule has 1 aliphatic heterocycles. The van der Waals surface area contributed by atoms with E-state index in [4.69, 9.17) is 4.74 Å². The molecule has 2 N–H and O–H groups in total. The van der Waals surface area contributed by atoms with E-state index in [2.05, 4.69) is 26.8 Å². The van der Waals surface area contributed by atoms with Crippen LogP contribution in [0.1, 0.15) is 40.0 Å². The van der Waals surface area contributed by atoms with Gasteiger partial charge in [-0.2, -0.15) is 0 Å². The van der Waals surface area contributed by atoms with Crippen molar-refractivity contribution in [2.75, 3.05) is 6.61 Å². The maximum atomic E-state index is 10.0. The highest BCUT2D eigenvalue weighted by atomic mass is 16.6. The van der Waals surface area contributed by atoms with Crippen LogP contribution >= 0.6 is 0 Å². The molecule has 2 rings (SSSR count). The van der Waals surface area contributed by atoms with Crippen molar-refractivity contribution >= 4 is 0 Å². The molecule has 3 nitrogen and oxygen atoms in total. The first-order valence-corrected chi connectivity index (χ1v) is 6.63. The summed E-state index contributed by atoms with van der Waals surface area (Å²) in [6, 6.07) is 0. The van der Waals surface area contributed by atoms with Crippen molar-refractivity contribution in [2.45, 2.75) is 57.8 Å². The maximum Gasteiger partial charge on any atom is 0.103 e. The third-order valence-corrected chi connectivity index (χ3v) is 4.07. The van der Waals surface area contributed by atoms with Gasteiger partial charge >= 0.3 is 0 Å². The van der Waals surface area contributed by atoms with Crippen molar-refractivity contribution in [2.24, 2.45) is 11.8 Å². The largest absolute Gasteiger partial charge is 0.390 e. The lowest BCUT2D eigenvalue weighted by Crippen LogP contribution is -2.29. The predicted molar refractivity (Wildman–Crippen MR) is 66.6 cm³/mol. The minimum Gasteiger partial charge on any atom is -0.390 e. The highest BCUT2D eigenvalue weighted by Crippen LogP contribution is 2.51. The van der Waals surface area contributed by atoms with Crippen molar-refractivity contribution in [3.05, 3.63) is 11.6 Å². The quantitative estimate of drug-likeness (QED) is 0.583. The second-order valence-corrected chi connectivity index (χ2v) is 6.01. The topological polar surface area (TPSA) is 53.0 Å². The molecule has 1 saturated carbocycles. The van der Waals surface area contributed by atoms with Crippen LogP contribution in [0.2, 0.25) is 0 Å². The molecule has 1 heterocycles. The first kappa shape index (κ1) is 13.1. The number of epoxide rings is 1. The van der Waals surface area contributed by atoms with Crippen molar-refractivity contribution in [3.63, 3.8) is 0 Å². The second-order valence-electron chi connectivity index (χ2n) is 6.01. The minimum absolute atomic E-state index is 0.00957. The van der Waals surface area contributed by atoms with Crippen LogP contribution in [0.4, 0.5) is 0 Å². The van der Waals surface area contributed by atoms with E-state index in [1.54, 1.807) is 0 Å². The van der Waals surface area contributed by atoms with Gasteiger partial charge in [0.2, 0.25) is 0 Å². The van der Waals surface area contributed by atoms with Gasteiger partial charge in [0.05, 0.1) is 18.8 Å². The number of ether oxygens (including phenoxy) is 1. The molecule has 3 heteroatoms. The fourth-order valence-corrected chi connectivity index (χ4v) is 2.98. The third-order valence-electron chi connectivity index (χ3n) is 4.07. The standard InChI is InChI=1S/C14H24O3/c1-9(2)5-4-6-10(3)12-13(16)11(15)7-14(12)8-17-14/h6,9,11-13,15-16H,4-5,7-8H2,1-3H3. The minimum atomic E-state index is -0.659. The maximum absolute atomic E-state index is 10.0. The predicted octanol–water partition coefficient (Wildman–Crippen LogP) is 1.88. The molecule has 0 aromatic rings. The van der Waals surface area contributed by atoms with E-state index >= 15 is 0 Å². The summed E-state index contributed by atoms with van der Waals surface area (Å²) in [6.45, 7) is 7.16. The van der Waals surface area contributed by atoms with Gasteiger partial charge in [0, 0.05) is 12.3 Å². The van der Waals surface area contributed by atoms with Gasteiger partial charge in [-0.15, -0.1) is 0 Å². The molecule has 1 saturated heterocycles. The Morgan fingerprint density at radius 3 is 2.65 bits per heavy atom. The Balaban J connectivity index is 2.00. The molecule has 1 aliphatic carbocycles. The number of allylic oxidation sites excluding steroid dienone is 1. The van der Waals surface area contributed by atoms with Gasteiger partial charge < -0.3 is 14.9 Å². The van der Waals surface area contributed by atoms with E-state index in [1.165, 1.54) is 5.57 Å². The zero-order valence-electron chi connectivity index (χ0n) is 11.0. The molecule has 98 valence electrons. The summed E-state index contributed by atoms with van der Waals surface area (Å²) in [6.07, 6.45) is 3.70. The Morgan fingerprint density at radius 2 is 2.12 bits per heavy atom. The summed E-state index contributed by atoms with van der Waals surface area (Å²) in [4.78, 5) is 0. The van der Waals surface area contributed by atoms with Crippen molar-refractivity contribution < 1.29 is 14.9 Å². The molecule has 4 atom stereocenters. The van der Waals surface area contributed by atoms with Crippen molar-refractivity contribution in [1.29, 1.82) is 0 Å². The highest BCUT2D eigenvalue weighted by molar-refractivity contribution is 5.22. The number of hydrogen-bond donors (Lipinski definition) is 2. The summed E-state index contributed by atoms with van der Waals surface area (Å²) >= 11 is 0. The van der Waals surface area contributed by atoms with E-state index in [9.17, 15) is 10.2 Å². The van der Waals surface area contributed by atoms with Gasteiger partial charge in [0.25, 0.3) is 0 Å². The molecule has 1 spiro atoms. The molecule has 17 heavy (non-hydrogen) atoms. The lowest BCUT2D eigenvalue weighted by atomic mass is 9.87. The molecular weight excluding hydrogens is 216 g/mol. The molecule has 0 aromatic carbocycles. The van der Waals surface area contributed by atoms with Crippen LogP contribution in [0.15, 0.2) is 11.6 Å². The van der Waals surface area contributed by atoms with E-state index in [0.29, 0.717) is 18.9 Å². The van der Waals surface area contributed by atoms with Crippen LogP contribution < -0.4 is 0 Å². The Kier molecular flexibility index (Phi) is 3.62. The van der Waals surface area contributed by atoms with Gasteiger partial charge in [-0.3, -0.25) is 0 Å². The normalized spacial score (nSPS) is 41.5. The molecular formula is C14H24O3. The highest BCUT2D eigenvalue weighted by Gasteiger charge is 2.62. The lowest BCUT2D eigenvalue weighted by molar-refractivity contribution is 0.0264. The molecule has 4 unspecified atom stereocenters. The Bertz CT molecular complexity index is 305. The number of rotatable bonds is 4. The number of hydrogen-bond acceptors (Lipinski definition) is 3. The molecule has 2 fully saturated rings. The van der Waals surface area contributed by atoms with Crippen molar-refractivity contribution in [1.82, 2.24) is 0 Å². The van der Waals surface area contributed by atoms with Gasteiger partial charge in [0.15, 0.2) is 0 Å². The van der Waals surface area contributed by atoms with Crippen LogP contribution in [0.3, 0.4) is 0 Å². The summed E-state index contributed by atoms with van der Waals surface area (Å²) in [5.74, 6) is 0.689. The average molecular weight is 240 g/mol. The zero-order valence-corrected chi connectivity index (χ0v) is 11.0. The zero-order chi connectivity index (χ0) is 12.6. The summed E-state index contributed by atoms with van der Waals surface area (Å²) in [5, 5.41) is 19.8. The summed E-state index contributed by atoms with van der Waals surface area (Å²) < 4.78 is 5.50. The molecule has 0 amide bonds. The van der Waals surface area contributed by atoms with Gasteiger partial charge in [0.1, 0.15) is 5.60 Å². The van der Waals surface area contributed by atoms with Crippen LogP contribution in [0.25, 0.3) is 0 Å². The number of aliphatic hydroxyl groups excluding tert-OH is 2. The van der Waals surface area contributed by atoms with Crippen molar-refractivity contribution in [3.8, 4) is 0 Å². The van der Waals surface area contributed by atoms with Crippen LogP contribution in [0.5, 0.6) is 0 Å². The molecule has 2 aliphatic rings. The smallest absolute Gasteiger partial charge is 0.103 e. The van der Waals surface area contributed by atoms with Crippen LogP contribution in [-0.4, -0.2) is 34.6 Å². The molecule has 0 radical (unpaired) electrons. The SMILES string of the molecule is CC(=CCCC(C)C)C1C(O)C(O)CC12CO2. The van der Waals surface area contributed by atoms with E-state index in [1.807, 2.05) is 0 Å². The van der Waals surface area contributed by atoms with Gasteiger partial charge in [-0.1, -0.05) is 25.5 Å².